The van der Waals surface area contributed by atoms with Crippen molar-refractivity contribution in [3.8, 4) is 0 Å². The van der Waals surface area contributed by atoms with Gasteiger partial charge in [-0.15, -0.1) is 0 Å². The Kier molecular flexibility index (Phi) is 5.35. The van der Waals surface area contributed by atoms with Crippen molar-refractivity contribution in [1.82, 2.24) is 24.5 Å². The Hall–Kier alpha value is -3.49. The molecule has 1 aliphatic heterocycles. The summed E-state index contributed by atoms with van der Waals surface area (Å²) in [5.74, 6) is 3.04. The summed E-state index contributed by atoms with van der Waals surface area (Å²) in [6.07, 6.45) is 6.11. The van der Waals surface area contributed by atoms with Crippen LogP contribution in [0, 0.1) is 6.92 Å². The standard InChI is InChI=1S/C21H27N9/c1-13(2)30-14(3)26-17-11-25-20(9-18(17)30)27-19-5-7-24-21(28-19)29-8-6-16(22)15(12-29)10-23-4/h5,7,9-11,13H,6,8,12,22H2,1-4H3,(H,24,25,27,28). The summed E-state index contributed by atoms with van der Waals surface area (Å²) in [4.78, 5) is 24.4. The topological polar surface area (TPSA) is 110 Å². The molecule has 0 atom stereocenters. The van der Waals surface area contributed by atoms with E-state index in [1.807, 2.05) is 25.3 Å². The van der Waals surface area contributed by atoms with Crippen molar-refractivity contribution < 1.29 is 0 Å². The van der Waals surface area contributed by atoms with E-state index in [2.05, 4.69) is 53.6 Å². The lowest BCUT2D eigenvalue weighted by Crippen LogP contribution is -2.35. The molecule has 0 saturated heterocycles. The molecule has 4 heterocycles. The molecule has 0 spiro atoms. The van der Waals surface area contributed by atoms with Gasteiger partial charge in [0.15, 0.2) is 0 Å². The van der Waals surface area contributed by atoms with Crippen LogP contribution in [0.3, 0.4) is 0 Å². The second-order valence-corrected chi connectivity index (χ2v) is 7.66. The van der Waals surface area contributed by atoms with Crippen molar-refractivity contribution in [1.29, 1.82) is 0 Å². The molecular formula is C21H27N9. The summed E-state index contributed by atoms with van der Waals surface area (Å²) in [5.41, 5.74) is 9.93. The summed E-state index contributed by atoms with van der Waals surface area (Å²) in [7, 11) is 1.75. The normalized spacial score (nSPS) is 15.0. The molecule has 4 rings (SSSR count). The number of anilines is 3. The Bertz CT molecular complexity index is 1130. The maximum atomic E-state index is 6.11. The number of pyridine rings is 1. The van der Waals surface area contributed by atoms with Gasteiger partial charge in [0.25, 0.3) is 0 Å². The second kappa shape index (κ2) is 8.10. The molecule has 0 unspecified atom stereocenters. The zero-order valence-electron chi connectivity index (χ0n) is 17.8. The van der Waals surface area contributed by atoms with Gasteiger partial charge in [-0.2, -0.15) is 4.98 Å². The number of nitrogens with two attached hydrogens (primary N) is 1. The van der Waals surface area contributed by atoms with E-state index in [4.69, 9.17) is 5.73 Å². The molecule has 30 heavy (non-hydrogen) atoms. The highest BCUT2D eigenvalue weighted by molar-refractivity contribution is 5.81. The van der Waals surface area contributed by atoms with E-state index in [9.17, 15) is 0 Å². The fourth-order valence-electron chi connectivity index (χ4n) is 3.79. The van der Waals surface area contributed by atoms with Gasteiger partial charge in [0.05, 0.1) is 11.7 Å². The lowest BCUT2D eigenvalue weighted by Gasteiger charge is -2.28. The molecule has 0 saturated carbocycles. The van der Waals surface area contributed by atoms with Crippen LogP contribution < -0.4 is 16.0 Å². The second-order valence-electron chi connectivity index (χ2n) is 7.66. The van der Waals surface area contributed by atoms with Gasteiger partial charge in [-0.05, 0) is 26.8 Å². The summed E-state index contributed by atoms with van der Waals surface area (Å²) in [6.45, 7) is 7.73. The maximum Gasteiger partial charge on any atom is 0.227 e. The largest absolute Gasteiger partial charge is 0.402 e. The fourth-order valence-corrected chi connectivity index (χ4v) is 3.79. The first-order valence-electron chi connectivity index (χ1n) is 10.1. The predicted molar refractivity (Wildman–Crippen MR) is 120 cm³/mol. The van der Waals surface area contributed by atoms with Gasteiger partial charge in [-0.1, -0.05) is 0 Å². The predicted octanol–water partition coefficient (Wildman–Crippen LogP) is 2.98. The SMILES string of the molecule is CN=CC1=C(N)CCN(c2nccc(Nc3cc4c(cn3)nc(C)n4C(C)C)n2)C1. The fraction of sp³-hybridized carbons (Fsp3) is 0.381. The minimum absolute atomic E-state index is 0.316. The molecule has 3 aromatic rings. The van der Waals surface area contributed by atoms with Crippen molar-refractivity contribution in [3.63, 3.8) is 0 Å². The average Bonchev–Trinajstić information content (AvgIpc) is 3.05. The Morgan fingerprint density at radius 3 is 2.83 bits per heavy atom. The first kappa shape index (κ1) is 19.8. The maximum absolute atomic E-state index is 6.11. The highest BCUT2D eigenvalue weighted by atomic mass is 15.3. The number of aromatic nitrogens is 5. The number of hydrogen-bond donors (Lipinski definition) is 2. The zero-order valence-corrected chi connectivity index (χ0v) is 17.8. The van der Waals surface area contributed by atoms with Crippen molar-refractivity contribution in [2.45, 2.75) is 33.2 Å². The van der Waals surface area contributed by atoms with Gasteiger partial charge >= 0.3 is 0 Å². The number of aryl methyl sites for hydroxylation is 1. The number of aliphatic imine (C=N–C) groups is 1. The minimum atomic E-state index is 0.316. The zero-order chi connectivity index (χ0) is 21.3. The van der Waals surface area contributed by atoms with E-state index in [-0.39, 0.29) is 0 Å². The van der Waals surface area contributed by atoms with Crippen molar-refractivity contribution in [2.24, 2.45) is 10.7 Å². The molecular weight excluding hydrogens is 378 g/mol. The molecule has 3 aromatic heterocycles. The van der Waals surface area contributed by atoms with Crippen LogP contribution in [0.15, 0.2) is 40.8 Å². The molecule has 9 heteroatoms. The number of fused-ring (bicyclic) bond motifs is 1. The molecule has 0 bridgehead atoms. The Morgan fingerprint density at radius 2 is 2.07 bits per heavy atom. The molecule has 0 fully saturated rings. The summed E-state index contributed by atoms with van der Waals surface area (Å²) >= 11 is 0. The van der Waals surface area contributed by atoms with Gasteiger partial charge in [0.1, 0.15) is 23.0 Å². The van der Waals surface area contributed by atoms with Crippen LogP contribution in [0.4, 0.5) is 17.6 Å². The summed E-state index contributed by atoms with van der Waals surface area (Å²) < 4.78 is 2.20. The number of rotatable bonds is 5. The molecule has 0 aromatic carbocycles. The van der Waals surface area contributed by atoms with Crippen LogP contribution in [-0.4, -0.2) is 50.9 Å². The highest BCUT2D eigenvalue weighted by Gasteiger charge is 2.19. The highest BCUT2D eigenvalue weighted by Crippen LogP contribution is 2.24. The molecule has 156 valence electrons. The number of hydrogen-bond acceptors (Lipinski definition) is 8. The van der Waals surface area contributed by atoms with E-state index in [1.54, 1.807) is 19.4 Å². The van der Waals surface area contributed by atoms with Gasteiger partial charge < -0.3 is 20.5 Å². The third-order valence-electron chi connectivity index (χ3n) is 5.16. The Balaban J connectivity index is 1.59. The van der Waals surface area contributed by atoms with E-state index >= 15 is 0 Å². The first-order valence-corrected chi connectivity index (χ1v) is 10.1. The van der Waals surface area contributed by atoms with Crippen LogP contribution >= 0.6 is 0 Å². The lowest BCUT2D eigenvalue weighted by atomic mass is 10.1. The van der Waals surface area contributed by atoms with Crippen molar-refractivity contribution in [2.75, 3.05) is 30.4 Å². The number of nitrogens with zero attached hydrogens (tertiary/aromatic N) is 7. The van der Waals surface area contributed by atoms with Gasteiger partial charge in [-0.3, -0.25) is 4.99 Å². The first-order chi connectivity index (χ1) is 14.5. The smallest absolute Gasteiger partial charge is 0.227 e. The average molecular weight is 406 g/mol. The summed E-state index contributed by atoms with van der Waals surface area (Å²) in [5, 5.41) is 3.30. The third-order valence-corrected chi connectivity index (χ3v) is 5.16. The summed E-state index contributed by atoms with van der Waals surface area (Å²) in [6, 6.07) is 4.16. The molecule has 0 amide bonds. The Labute approximate surface area is 175 Å². The Morgan fingerprint density at radius 1 is 1.23 bits per heavy atom. The molecule has 9 nitrogen and oxygen atoms in total. The van der Waals surface area contributed by atoms with Crippen LogP contribution in [0.25, 0.3) is 11.0 Å². The van der Waals surface area contributed by atoms with Crippen LogP contribution in [0.2, 0.25) is 0 Å². The van der Waals surface area contributed by atoms with E-state index < -0.39 is 0 Å². The van der Waals surface area contributed by atoms with Gasteiger partial charge in [0.2, 0.25) is 5.95 Å². The van der Waals surface area contributed by atoms with Crippen LogP contribution in [0.5, 0.6) is 0 Å². The lowest BCUT2D eigenvalue weighted by molar-refractivity contribution is 0.600. The molecule has 1 aliphatic rings. The minimum Gasteiger partial charge on any atom is -0.402 e. The number of imidazole rings is 1. The van der Waals surface area contributed by atoms with Crippen molar-refractivity contribution in [3.05, 3.63) is 41.6 Å². The van der Waals surface area contributed by atoms with Gasteiger partial charge in [-0.25, -0.2) is 15.0 Å². The molecule has 0 radical (unpaired) electrons. The molecule has 0 aliphatic carbocycles. The van der Waals surface area contributed by atoms with Gasteiger partial charge in [0, 0.05) is 62.3 Å². The third kappa shape index (κ3) is 3.83. The van der Waals surface area contributed by atoms with Crippen LogP contribution in [-0.2, 0) is 0 Å². The van der Waals surface area contributed by atoms with E-state index in [1.165, 1.54) is 0 Å². The van der Waals surface area contributed by atoms with E-state index in [0.717, 1.165) is 46.9 Å². The van der Waals surface area contributed by atoms with Crippen LogP contribution in [0.1, 0.15) is 32.1 Å². The quantitative estimate of drug-likeness (QED) is 0.628. The van der Waals surface area contributed by atoms with E-state index in [0.29, 0.717) is 24.4 Å². The van der Waals surface area contributed by atoms with Crippen molar-refractivity contribution >= 4 is 34.8 Å². The monoisotopic (exact) mass is 405 g/mol. The molecule has 3 N–H and O–H groups in total. The number of nitrogens with one attached hydrogen (secondary N) is 1.